The number of ether oxygens (including phenoxy) is 3. The molecule has 170 valence electrons. The highest BCUT2D eigenvalue weighted by Crippen LogP contribution is 2.48. The van der Waals surface area contributed by atoms with Crippen molar-refractivity contribution in [2.24, 2.45) is 5.92 Å². The summed E-state index contributed by atoms with van der Waals surface area (Å²) in [6, 6.07) is 21.6. The summed E-state index contributed by atoms with van der Waals surface area (Å²) in [6.07, 6.45) is 2.60. The average Bonchev–Trinajstić information content (AvgIpc) is 2.83. The van der Waals surface area contributed by atoms with E-state index in [2.05, 4.69) is 12.6 Å². The largest absolute Gasteiger partial charge is 0.497 e. The molecule has 3 aromatic rings. The van der Waals surface area contributed by atoms with E-state index in [1.165, 1.54) is 0 Å². The summed E-state index contributed by atoms with van der Waals surface area (Å²) in [5.41, 5.74) is 0.805. The summed E-state index contributed by atoms with van der Waals surface area (Å²) >= 11 is 0. The standard InChI is InChI=1S/C28H28O5/c1-4-16-28(22-12-14-23(31-3)15-13-22)18-24(25(27(30)33-28)26(29)32-5-2)21-11-10-19-8-6-7-9-20(19)17-21/h4,6-15,17,24-25H,1,5,16,18H2,2-3H3/t24-,25+,28+/m1/s1. The summed E-state index contributed by atoms with van der Waals surface area (Å²) < 4.78 is 16.6. The van der Waals surface area contributed by atoms with Gasteiger partial charge in [-0.2, -0.15) is 0 Å². The molecule has 0 N–H and O–H groups in total. The van der Waals surface area contributed by atoms with Gasteiger partial charge < -0.3 is 14.2 Å². The highest BCUT2D eigenvalue weighted by Gasteiger charge is 2.51. The molecule has 0 amide bonds. The fourth-order valence-electron chi connectivity index (χ4n) is 4.72. The summed E-state index contributed by atoms with van der Waals surface area (Å²) in [5.74, 6) is -1.84. The van der Waals surface area contributed by atoms with Gasteiger partial charge in [-0.25, -0.2) is 0 Å². The molecule has 0 spiro atoms. The second-order valence-corrected chi connectivity index (χ2v) is 8.28. The van der Waals surface area contributed by atoms with Gasteiger partial charge in [0.05, 0.1) is 13.7 Å². The van der Waals surface area contributed by atoms with Crippen LogP contribution in [0.2, 0.25) is 0 Å². The molecular formula is C28H28O5. The number of carbonyl (C=O) groups is 2. The Balaban J connectivity index is 1.82. The van der Waals surface area contributed by atoms with E-state index in [1.807, 2.05) is 60.7 Å². The zero-order chi connectivity index (χ0) is 23.4. The van der Waals surface area contributed by atoms with Crippen LogP contribution < -0.4 is 4.74 Å². The maximum atomic E-state index is 13.4. The molecule has 0 bridgehead atoms. The number of fused-ring (bicyclic) bond motifs is 1. The number of rotatable bonds is 7. The van der Waals surface area contributed by atoms with Crippen LogP contribution in [0.3, 0.4) is 0 Å². The first kappa shape index (κ1) is 22.6. The van der Waals surface area contributed by atoms with Gasteiger partial charge in [0.15, 0.2) is 5.92 Å². The molecule has 5 heteroatoms. The third-order valence-corrected chi connectivity index (χ3v) is 6.33. The van der Waals surface area contributed by atoms with Gasteiger partial charge in [-0.3, -0.25) is 9.59 Å². The Kier molecular flexibility index (Phi) is 6.50. The molecule has 1 saturated heterocycles. The van der Waals surface area contributed by atoms with Gasteiger partial charge in [-0.05, 0) is 41.0 Å². The fraction of sp³-hybridized carbons (Fsp3) is 0.286. The molecule has 4 rings (SSSR count). The quantitative estimate of drug-likeness (QED) is 0.272. The highest BCUT2D eigenvalue weighted by molar-refractivity contribution is 5.97. The minimum Gasteiger partial charge on any atom is -0.497 e. The van der Waals surface area contributed by atoms with Crippen molar-refractivity contribution < 1.29 is 23.8 Å². The second kappa shape index (κ2) is 9.49. The van der Waals surface area contributed by atoms with Gasteiger partial charge in [0.1, 0.15) is 11.4 Å². The van der Waals surface area contributed by atoms with E-state index < -0.39 is 29.4 Å². The monoisotopic (exact) mass is 444 g/mol. The third-order valence-electron chi connectivity index (χ3n) is 6.33. The van der Waals surface area contributed by atoms with E-state index in [-0.39, 0.29) is 6.61 Å². The molecule has 0 radical (unpaired) electrons. The molecule has 0 saturated carbocycles. The lowest BCUT2D eigenvalue weighted by Gasteiger charge is -2.43. The lowest BCUT2D eigenvalue weighted by molar-refractivity contribution is -0.186. The van der Waals surface area contributed by atoms with Crippen molar-refractivity contribution in [2.45, 2.75) is 31.3 Å². The maximum Gasteiger partial charge on any atom is 0.321 e. The zero-order valence-electron chi connectivity index (χ0n) is 19.0. The van der Waals surface area contributed by atoms with Crippen molar-refractivity contribution in [1.82, 2.24) is 0 Å². The number of methoxy groups -OCH3 is 1. The Morgan fingerprint density at radius 1 is 1.12 bits per heavy atom. The van der Waals surface area contributed by atoms with Crippen LogP contribution in [-0.2, 0) is 24.7 Å². The molecule has 1 heterocycles. The molecule has 3 atom stereocenters. The minimum absolute atomic E-state index is 0.198. The van der Waals surface area contributed by atoms with Crippen LogP contribution in [0, 0.1) is 5.92 Å². The van der Waals surface area contributed by atoms with Crippen LogP contribution in [0.4, 0.5) is 0 Å². The summed E-state index contributed by atoms with van der Waals surface area (Å²) in [5, 5.41) is 2.15. The van der Waals surface area contributed by atoms with Gasteiger partial charge in [-0.1, -0.05) is 60.7 Å². The fourth-order valence-corrected chi connectivity index (χ4v) is 4.72. The van der Waals surface area contributed by atoms with E-state index >= 15 is 0 Å². The predicted molar refractivity (Wildman–Crippen MR) is 127 cm³/mol. The van der Waals surface area contributed by atoms with Crippen molar-refractivity contribution in [3.05, 3.63) is 90.5 Å². The Morgan fingerprint density at radius 3 is 2.52 bits per heavy atom. The number of carbonyl (C=O) groups excluding carboxylic acids is 2. The number of hydrogen-bond acceptors (Lipinski definition) is 5. The minimum atomic E-state index is -1.03. The van der Waals surface area contributed by atoms with Gasteiger partial charge in [-0.15, -0.1) is 6.58 Å². The predicted octanol–water partition coefficient (Wildman–Crippen LogP) is 5.53. The lowest BCUT2D eigenvalue weighted by Crippen LogP contribution is -2.47. The molecule has 1 aliphatic heterocycles. The average molecular weight is 445 g/mol. The molecule has 0 unspecified atom stereocenters. The Hall–Kier alpha value is -3.60. The molecule has 0 aromatic heterocycles. The van der Waals surface area contributed by atoms with Crippen molar-refractivity contribution in [3.63, 3.8) is 0 Å². The highest BCUT2D eigenvalue weighted by atomic mass is 16.6. The van der Waals surface area contributed by atoms with E-state index in [9.17, 15) is 9.59 Å². The Labute approximate surface area is 194 Å². The van der Waals surface area contributed by atoms with E-state index in [0.717, 1.165) is 21.9 Å². The zero-order valence-corrected chi connectivity index (χ0v) is 19.0. The second-order valence-electron chi connectivity index (χ2n) is 8.28. The van der Waals surface area contributed by atoms with Crippen molar-refractivity contribution >= 4 is 22.7 Å². The first-order valence-electron chi connectivity index (χ1n) is 11.1. The van der Waals surface area contributed by atoms with Crippen LogP contribution in [-0.4, -0.2) is 25.7 Å². The van der Waals surface area contributed by atoms with Crippen LogP contribution in [0.5, 0.6) is 5.75 Å². The molecule has 33 heavy (non-hydrogen) atoms. The number of hydrogen-bond donors (Lipinski definition) is 0. The maximum absolute atomic E-state index is 13.4. The lowest BCUT2D eigenvalue weighted by atomic mass is 9.71. The summed E-state index contributed by atoms with van der Waals surface area (Å²) in [6.45, 7) is 5.83. The van der Waals surface area contributed by atoms with Crippen LogP contribution in [0.25, 0.3) is 10.8 Å². The normalized spacial score (nSPS) is 22.4. The van der Waals surface area contributed by atoms with Crippen molar-refractivity contribution in [1.29, 1.82) is 0 Å². The molecule has 5 nitrogen and oxygen atoms in total. The molecule has 3 aromatic carbocycles. The molecule has 1 aliphatic rings. The van der Waals surface area contributed by atoms with Gasteiger partial charge in [0.25, 0.3) is 0 Å². The van der Waals surface area contributed by atoms with Crippen LogP contribution in [0.15, 0.2) is 79.4 Å². The Morgan fingerprint density at radius 2 is 1.85 bits per heavy atom. The van der Waals surface area contributed by atoms with Gasteiger partial charge >= 0.3 is 11.9 Å². The molecule has 0 aliphatic carbocycles. The van der Waals surface area contributed by atoms with E-state index in [4.69, 9.17) is 14.2 Å². The van der Waals surface area contributed by atoms with Crippen molar-refractivity contribution in [3.8, 4) is 5.75 Å². The molecular weight excluding hydrogens is 416 g/mol. The SMILES string of the molecule is C=CC[C@@]1(c2ccc(OC)cc2)C[C@H](c2ccc3ccccc3c2)[C@@H](C(=O)OCC)C(=O)O1. The van der Waals surface area contributed by atoms with Crippen LogP contribution >= 0.6 is 0 Å². The number of benzene rings is 3. The first-order chi connectivity index (χ1) is 16.0. The summed E-state index contributed by atoms with van der Waals surface area (Å²) in [4.78, 5) is 26.2. The summed E-state index contributed by atoms with van der Waals surface area (Å²) in [7, 11) is 1.61. The first-order valence-corrected chi connectivity index (χ1v) is 11.1. The Bertz CT molecular complexity index is 1170. The van der Waals surface area contributed by atoms with Gasteiger partial charge in [0, 0.05) is 18.8 Å². The third kappa shape index (κ3) is 4.36. The van der Waals surface area contributed by atoms with E-state index in [0.29, 0.717) is 18.6 Å². The van der Waals surface area contributed by atoms with Crippen molar-refractivity contribution in [2.75, 3.05) is 13.7 Å². The smallest absolute Gasteiger partial charge is 0.321 e. The molecule has 1 fully saturated rings. The topological polar surface area (TPSA) is 61.8 Å². The van der Waals surface area contributed by atoms with Gasteiger partial charge in [0.2, 0.25) is 0 Å². The van der Waals surface area contributed by atoms with Crippen LogP contribution in [0.1, 0.15) is 36.8 Å². The number of cyclic esters (lactones) is 1. The van der Waals surface area contributed by atoms with E-state index in [1.54, 1.807) is 20.1 Å². The number of esters is 2.